The number of sulfonamides is 1. The van der Waals surface area contributed by atoms with Crippen molar-refractivity contribution < 1.29 is 22.9 Å². The molecule has 174 valence electrons. The summed E-state index contributed by atoms with van der Waals surface area (Å²) in [5.74, 6) is -1.08. The molecular weight excluding hydrogens is 450 g/mol. The summed E-state index contributed by atoms with van der Waals surface area (Å²) in [7, 11) is -3.98. The van der Waals surface area contributed by atoms with Crippen LogP contribution in [0.4, 0.5) is 5.69 Å². The van der Waals surface area contributed by atoms with Crippen LogP contribution in [-0.4, -0.2) is 48.1 Å². The number of nitro groups is 1. The zero-order chi connectivity index (χ0) is 24.4. The maximum atomic E-state index is 12.9. The predicted octanol–water partition coefficient (Wildman–Crippen LogP) is 2.00. The maximum absolute atomic E-state index is 12.9. The van der Waals surface area contributed by atoms with Gasteiger partial charge in [-0.1, -0.05) is 18.2 Å². The van der Waals surface area contributed by atoms with Crippen LogP contribution >= 0.6 is 0 Å². The number of hydrazine groups is 1. The molecule has 1 aliphatic rings. The van der Waals surface area contributed by atoms with Gasteiger partial charge in [0.25, 0.3) is 21.6 Å². The fraction of sp³-hybridized carbons (Fsp3) is 0.286. The third kappa shape index (κ3) is 5.71. The van der Waals surface area contributed by atoms with Crippen LogP contribution in [-0.2, 0) is 14.8 Å². The van der Waals surface area contributed by atoms with Gasteiger partial charge in [0.05, 0.1) is 4.92 Å². The van der Waals surface area contributed by atoms with Crippen molar-refractivity contribution in [1.82, 2.24) is 15.8 Å². The lowest BCUT2D eigenvalue weighted by atomic mass is 10.1. The van der Waals surface area contributed by atoms with E-state index in [1.165, 1.54) is 29.3 Å². The van der Waals surface area contributed by atoms with Crippen LogP contribution in [0.3, 0.4) is 0 Å². The van der Waals surface area contributed by atoms with Crippen molar-refractivity contribution in [2.24, 2.45) is 4.40 Å². The van der Waals surface area contributed by atoms with Crippen LogP contribution in [0.15, 0.2) is 57.8 Å². The number of carbonyl (C=O) groups excluding carboxylic acids is 2. The Bertz CT molecular complexity index is 1250. The molecule has 0 spiro atoms. The number of amides is 2. The van der Waals surface area contributed by atoms with Gasteiger partial charge in [-0.25, -0.2) is 0 Å². The van der Waals surface area contributed by atoms with Crippen molar-refractivity contribution in [3.05, 3.63) is 69.8 Å². The molecule has 0 unspecified atom stereocenters. The minimum atomic E-state index is -3.98. The van der Waals surface area contributed by atoms with Gasteiger partial charge < -0.3 is 5.32 Å². The predicted molar refractivity (Wildman–Crippen MR) is 120 cm³/mol. The quantitative estimate of drug-likeness (QED) is 0.498. The van der Waals surface area contributed by atoms with Gasteiger partial charge in [-0.05, 0) is 39.0 Å². The molecule has 1 aliphatic heterocycles. The molecular formula is C21H23N5O6S. The van der Waals surface area contributed by atoms with Crippen LogP contribution in [0.5, 0.6) is 0 Å². The molecule has 0 aromatic heterocycles. The van der Waals surface area contributed by atoms with Gasteiger partial charge in [-0.3, -0.25) is 30.1 Å². The van der Waals surface area contributed by atoms with Crippen molar-refractivity contribution in [3.63, 3.8) is 0 Å². The molecule has 2 N–H and O–H groups in total. The Hall–Kier alpha value is -3.80. The van der Waals surface area contributed by atoms with Gasteiger partial charge in [0.1, 0.15) is 4.90 Å². The minimum absolute atomic E-state index is 0.0110. The van der Waals surface area contributed by atoms with E-state index in [0.29, 0.717) is 0 Å². The Morgan fingerprint density at radius 1 is 1.12 bits per heavy atom. The second kappa shape index (κ2) is 8.98. The zero-order valence-corrected chi connectivity index (χ0v) is 19.0. The monoisotopic (exact) mass is 473 g/mol. The number of carbonyl (C=O) groups is 2. The summed E-state index contributed by atoms with van der Waals surface area (Å²) in [5.41, 5.74) is 2.04. The van der Waals surface area contributed by atoms with Crippen LogP contribution in [0, 0.1) is 10.1 Å². The molecule has 33 heavy (non-hydrogen) atoms. The standard InChI is InChI=1S/C21H23N5O6S/c1-21(2,3)22-18(27)11-12-25(19-16-9-4-5-10-17(16)33(31,32)24-19)23-20(28)14-7-6-8-15(13-14)26(29)30/h4-10,13H,11-12H2,1-3H3,(H,22,27)(H,23,28). The number of nitro benzene ring substituents is 1. The SMILES string of the molecule is CC(C)(C)NC(=O)CCN(NC(=O)c1cccc([N+](=O)[O-])c1)C1=NS(=O)(=O)c2ccccc21. The van der Waals surface area contributed by atoms with Gasteiger partial charge in [-0.2, -0.15) is 8.42 Å². The molecule has 3 rings (SSSR count). The van der Waals surface area contributed by atoms with Gasteiger partial charge in [0, 0.05) is 41.8 Å². The summed E-state index contributed by atoms with van der Waals surface area (Å²) < 4.78 is 28.8. The van der Waals surface area contributed by atoms with Crippen molar-refractivity contribution in [2.75, 3.05) is 6.54 Å². The largest absolute Gasteiger partial charge is 0.351 e. The van der Waals surface area contributed by atoms with E-state index in [1.807, 2.05) is 20.8 Å². The molecule has 12 heteroatoms. The van der Waals surface area contributed by atoms with E-state index in [4.69, 9.17) is 0 Å². The molecule has 2 amide bonds. The van der Waals surface area contributed by atoms with Crippen molar-refractivity contribution >= 4 is 33.4 Å². The third-order valence-electron chi connectivity index (χ3n) is 4.50. The second-order valence-electron chi connectivity index (χ2n) is 8.33. The fourth-order valence-electron chi connectivity index (χ4n) is 3.14. The van der Waals surface area contributed by atoms with Crippen molar-refractivity contribution in [2.45, 2.75) is 37.6 Å². The number of hydrogen-bond donors (Lipinski definition) is 2. The Labute approximate surface area is 190 Å². The second-order valence-corrected chi connectivity index (χ2v) is 9.91. The highest BCUT2D eigenvalue weighted by molar-refractivity contribution is 7.90. The normalized spacial score (nSPS) is 14.1. The van der Waals surface area contributed by atoms with Crippen molar-refractivity contribution in [3.8, 4) is 0 Å². The summed E-state index contributed by atoms with van der Waals surface area (Å²) >= 11 is 0. The number of amidine groups is 1. The topological polar surface area (TPSA) is 151 Å². The van der Waals surface area contributed by atoms with Gasteiger partial charge in [0.15, 0.2) is 5.84 Å². The molecule has 11 nitrogen and oxygen atoms in total. The first-order chi connectivity index (χ1) is 15.4. The Balaban J connectivity index is 1.91. The average molecular weight is 474 g/mol. The van der Waals surface area contributed by atoms with Crippen LogP contribution in [0.1, 0.15) is 43.1 Å². The highest BCUT2D eigenvalue weighted by Crippen LogP contribution is 2.27. The number of hydrogen-bond acceptors (Lipinski definition) is 7. The van der Waals surface area contributed by atoms with E-state index in [2.05, 4.69) is 15.1 Å². The molecule has 2 aromatic rings. The lowest BCUT2D eigenvalue weighted by Gasteiger charge is -2.26. The summed E-state index contributed by atoms with van der Waals surface area (Å²) in [6.07, 6.45) is -0.0757. The highest BCUT2D eigenvalue weighted by atomic mass is 32.2. The lowest BCUT2D eigenvalue weighted by molar-refractivity contribution is -0.384. The lowest BCUT2D eigenvalue weighted by Crippen LogP contribution is -2.48. The smallest absolute Gasteiger partial charge is 0.285 e. The van der Waals surface area contributed by atoms with Gasteiger partial charge in [0.2, 0.25) is 5.91 Å². The van der Waals surface area contributed by atoms with E-state index in [0.717, 1.165) is 6.07 Å². The average Bonchev–Trinajstić information content (AvgIpc) is 3.01. The molecule has 0 radical (unpaired) electrons. The first-order valence-electron chi connectivity index (χ1n) is 9.96. The fourth-order valence-corrected chi connectivity index (χ4v) is 4.35. The number of nitrogens with zero attached hydrogens (tertiary/aromatic N) is 3. The van der Waals surface area contributed by atoms with E-state index in [9.17, 15) is 28.1 Å². The molecule has 0 bridgehead atoms. The number of rotatable bonds is 5. The minimum Gasteiger partial charge on any atom is -0.351 e. The first-order valence-corrected chi connectivity index (χ1v) is 11.4. The molecule has 0 atom stereocenters. The number of benzene rings is 2. The van der Waals surface area contributed by atoms with E-state index in [-0.39, 0.29) is 46.4 Å². The summed E-state index contributed by atoms with van der Waals surface area (Å²) in [5, 5.41) is 15.0. The van der Waals surface area contributed by atoms with Gasteiger partial charge >= 0.3 is 0 Å². The summed E-state index contributed by atoms with van der Waals surface area (Å²) in [4.78, 5) is 35.6. The first kappa shape index (κ1) is 23.9. The number of fused-ring (bicyclic) bond motifs is 1. The van der Waals surface area contributed by atoms with Gasteiger partial charge in [-0.15, -0.1) is 4.40 Å². The van der Waals surface area contributed by atoms with Crippen LogP contribution < -0.4 is 10.7 Å². The number of non-ortho nitro benzene ring substituents is 1. The van der Waals surface area contributed by atoms with Crippen molar-refractivity contribution in [1.29, 1.82) is 0 Å². The molecule has 0 aliphatic carbocycles. The number of nitrogens with one attached hydrogen (secondary N) is 2. The Morgan fingerprint density at radius 2 is 1.82 bits per heavy atom. The van der Waals surface area contributed by atoms with Crippen LogP contribution in [0.25, 0.3) is 0 Å². The van der Waals surface area contributed by atoms with E-state index >= 15 is 0 Å². The molecule has 0 saturated carbocycles. The Kier molecular flexibility index (Phi) is 6.49. The highest BCUT2D eigenvalue weighted by Gasteiger charge is 2.33. The molecule has 2 aromatic carbocycles. The molecule has 1 heterocycles. The van der Waals surface area contributed by atoms with E-state index in [1.54, 1.807) is 18.2 Å². The molecule has 0 fully saturated rings. The zero-order valence-electron chi connectivity index (χ0n) is 18.2. The van der Waals surface area contributed by atoms with Crippen LogP contribution in [0.2, 0.25) is 0 Å². The summed E-state index contributed by atoms with van der Waals surface area (Å²) in [6.45, 7) is 5.36. The van der Waals surface area contributed by atoms with E-state index < -0.39 is 26.4 Å². The third-order valence-corrected chi connectivity index (χ3v) is 5.83. The summed E-state index contributed by atoms with van der Waals surface area (Å²) in [6, 6.07) is 11.2. The maximum Gasteiger partial charge on any atom is 0.285 e. The Morgan fingerprint density at radius 3 is 2.48 bits per heavy atom. The molecule has 0 saturated heterocycles.